The van der Waals surface area contributed by atoms with Gasteiger partial charge in [-0.15, -0.1) is 0 Å². The van der Waals surface area contributed by atoms with Gasteiger partial charge in [-0.25, -0.2) is 14.8 Å². The van der Waals surface area contributed by atoms with Crippen LogP contribution in [0.5, 0.6) is 0 Å². The zero-order valence-corrected chi connectivity index (χ0v) is 18.7. The quantitative estimate of drug-likeness (QED) is 0.308. The first-order valence-electron chi connectivity index (χ1n) is 10.9. The summed E-state index contributed by atoms with van der Waals surface area (Å²) in [6.07, 6.45) is 8.35. The number of nitrogens with zero attached hydrogens (tertiary/aromatic N) is 2. The number of H-pyrrole nitrogens is 1. The Morgan fingerprint density at radius 1 is 1.26 bits per heavy atom. The van der Waals surface area contributed by atoms with Crippen molar-refractivity contribution >= 4 is 17.6 Å². The third kappa shape index (κ3) is 5.21. The summed E-state index contributed by atoms with van der Waals surface area (Å²) in [7, 11) is 0. The molecule has 0 spiro atoms. The van der Waals surface area contributed by atoms with E-state index >= 15 is 0 Å². The van der Waals surface area contributed by atoms with Crippen molar-refractivity contribution < 1.29 is 14.7 Å². The van der Waals surface area contributed by atoms with Crippen LogP contribution in [0.2, 0.25) is 0 Å². The Balaban J connectivity index is 1.63. The van der Waals surface area contributed by atoms with E-state index in [9.17, 15) is 9.59 Å². The fraction of sp³-hybridized carbons (Fsp3) is 0.200. The standard InChI is InChI=1S/C25H26N6O3/c1-14(30-24(32)16-6-7-16)12-21(22(26)23-27-10-11-28-23)31-19-5-3-4-18(15(19)2)17-8-9-20(25(33)34)29-13-17/h3-5,8-13,16,22,31H,1,6-7,26H2,2H3,(H,27,28)(H,30,32)(H,33,34)/b21-12+. The molecule has 6 N–H and O–H groups in total. The topological polar surface area (TPSA) is 146 Å². The molecule has 3 aromatic rings. The first kappa shape index (κ1) is 22.9. The van der Waals surface area contributed by atoms with Crippen LogP contribution in [-0.4, -0.2) is 31.9 Å². The van der Waals surface area contributed by atoms with Gasteiger partial charge in [0.1, 0.15) is 17.6 Å². The van der Waals surface area contributed by atoms with Crippen molar-refractivity contribution in [3.05, 3.63) is 90.1 Å². The van der Waals surface area contributed by atoms with Crippen molar-refractivity contribution in [2.45, 2.75) is 25.8 Å². The molecule has 0 aliphatic heterocycles. The van der Waals surface area contributed by atoms with Crippen molar-refractivity contribution in [2.75, 3.05) is 5.32 Å². The molecule has 0 bridgehead atoms. The maximum Gasteiger partial charge on any atom is 0.354 e. The second kappa shape index (κ2) is 9.72. The highest BCUT2D eigenvalue weighted by atomic mass is 16.4. The molecule has 9 heteroatoms. The molecule has 1 aliphatic rings. The van der Waals surface area contributed by atoms with Gasteiger partial charge in [0.05, 0.1) is 0 Å². The molecule has 1 atom stereocenters. The van der Waals surface area contributed by atoms with Gasteiger partial charge in [-0.2, -0.15) is 0 Å². The number of nitrogens with one attached hydrogen (secondary N) is 3. The number of aromatic carboxylic acids is 1. The molecular weight excluding hydrogens is 432 g/mol. The van der Waals surface area contributed by atoms with Gasteiger partial charge in [0.2, 0.25) is 5.91 Å². The summed E-state index contributed by atoms with van der Waals surface area (Å²) in [6.45, 7) is 5.92. The third-order valence-electron chi connectivity index (χ3n) is 5.62. The minimum absolute atomic E-state index is 0.0166. The maximum atomic E-state index is 12.2. The van der Waals surface area contributed by atoms with E-state index in [-0.39, 0.29) is 17.5 Å². The number of rotatable bonds is 9. The van der Waals surface area contributed by atoms with Gasteiger partial charge in [-0.05, 0) is 49.1 Å². The zero-order chi connectivity index (χ0) is 24.2. The fourth-order valence-electron chi connectivity index (χ4n) is 3.55. The number of aromatic amines is 1. The van der Waals surface area contributed by atoms with Crippen LogP contribution >= 0.6 is 0 Å². The molecule has 1 saturated carbocycles. The van der Waals surface area contributed by atoms with Crippen LogP contribution in [0.1, 0.15) is 40.8 Å². The van der Waals surface area contributed by atoms with Gasteiger partial charge in [0.25, 0.3) is 0 Å². The number of pyridine rings is 1. The number of carboxylic acid groups (broad SMARTS) is 1. The van der Waals surface area contributed by atoms with E-state index in [1.165, 1.54) is 12.3 Å². The van der Waals surface area contributed by atoms with Crippen molar-refractivity contribution in [1.29, 1.82) is 0 Å². The monoisotopic (exact) mass is 458 g/mol. The minimum atomic E-state index is -1.07. The molecule has 1 amide bonds. The Kier molecular flexibility index (Phi) is 6.55. The molecule has 0 radical (unpaired) electrons. The third-order valence-corrected chi connectivity index (χ3v) is 5.62. The summed E-state index contributed by atoms with van der Waals surface area (Å²) in [4.78, 5) is 34.6. The Labute approximate surface area is 196 Å². The predicted octanol–water partition coefficient (Wildman–Crippen LogP) is 3.51. The molecule has 9 nitrogen and oxygen atoms in total. The average Bonchev–Trinajstić information content (AvgIpc) is 3.54. The van der Waals surface area contributed by atoms with Crippen LogP contribution < -0.4 is 16.4 Å². The Bertz CT molecular complexity index is 1240. The number of carbonyl (C=O) groups excluding carboxylic acids is 1. The largest absolute Gasteiger partial charge is 0.477 e. The number of amides is 1. The van der Waals surface area contributed by atoms with Crippen molar-refractivity contribution in [1.82, 2.24) is 20.3 Å². The van der Waals surface area contributed by atoms with Crippen molar-refractivity contribution in [3.63, 3.8) is 0 Å². The first-order valence-corrected chi connectivity index (χ1v) is 10.9. The van der Waals surface area contributed by atoms with Crippen LogP contribution in [0, 0.1) is 12.8 Å². The van der Waals surface area contributed by atoms with Gasteiger partial charge in [-0.3, -0.25) is 4.79 Å². The molecule has 0 saturated heterocycles. The number of allylic oxidation sites excluding steroid dienone is 1. The fourth-order valence-corrected chi connectivity index (χ4v) is 3.55. The molecule has 2 aromatic heterocycles. The molecule has 1 unspecified atom stereocenters. The molecule has 34 heavy (non-hydrogen) atoms. The number of benzene rings is 1. The van der Waals surface area contributed by atoms with Gasteiger partial charge in [-0.1, -0.05) is 24.8 Å². The first-order chi connectivity index (χ1) is 16.3. The van der Waals surface area contributed by atoms with E-state index in [1.807, 2.05) is 25.1 Å². The van der Waals surface area contributed by atoms with Crippen LogP contribution in [0.3, 0.4) is 0 Å². The van der Waals surface area contributed by atoms with Crippen molar-refractivity contribution in [2.24, 2.45) is 11.7 Å². The highest BCUT2D eigenvalue weighted by Gasteiger charge is 2.29. The number of carboxylic acids is 1. The summed E-state index contributed by atoms with van der Waals surface area (Å²) in [5.74, 6) is -0.500. The van der Waals surface area contributed by atoms with E-state index in [0.29, 0.717) is 17.2 Å². The maximum absolute atomic E-state index is 12.2. The number of anilines is 1. The highest BCUT2D eigenvalue weighted by molar-refractivity contribution is 5.86. The summed E-state index contributed by atoms with van der Waals surface area (Å²) >= 11 is 0. The van der Waals surface area contributed by atoms with E-state index in [1.54, 1.807) is 24.5 Å². The molecule has 1 fully saturated rings. The van der Waals surface area contributed by atoms with Crippen LogP contribution in [0.15, 0.2) is 73.0 Å². The lowest BCUT2D eigenvalue weighted by Crippen LogP contribution is -2.25. The number of carbonyl (C=O) groups is 2. The van der Waals surface area contributed by atoms with Crippen molar-refractivity contribution in [3.8, 4) is 11.1 Å². The number of hydrogen-bond acceptors (Lipinski definition) is 6. The van der Waals surface area contributed by atoms with Gasteiger partial charge >= 0.3 is 5.97 Å². The molecule has 4 rings (SSSR count). The Morgan fingerprint density at radius 3 is 2.68 bits per heavy atom. The number of nitrogens with two attached hydrogens (primary N) is 1. The summed E-state index contributed by atoms with van der Waals surface area (Å²) < 4.78 is 0. The summed E-state index contributed by atoms with van der Waals surface area (Å²) in [5.41, 5.74) is 10.9. The smallest absolute Gasteiger partial charge is 0.354 e. The highest BCUT2D eigenvalue weighted by Crippen LogP contribution is 2.31. The Hall–Kier alpha value is -4.24. The van der Waals surface area contributed by atoms with Gasteiger partial charge < -0.3 is 26.5 Å². The van der Waals surface area contributed by atoms with Crippen LogP contribution in [0.25, 0.3) is 11.1 Å². The van der Waals surface area contributed by atoms with Gasteiger partial charge in [0, 0.05) is 47.2 Å². The van der Waals surface area contributed by atoms with Crippen LogP contribution in [0.4, 0.5) is 5.69 Å². The second-order valence-electron chi connectivity index (χ2n) is 8.18. The lowest BCUT2D eigenvalue weighted by molar-refractivity contribution is -0.121. The van der Waals surface area contributed by atoms with E-state index in [2.05, 4.69) is 32.2 Å². The SMILES string of the molecule is C=C(/C=C(/Nc1cccc(-c2ccc(C(=O)O)nc2)c1C)C(N)c1ncc[nH]1)NC(=O)C1CC1. The summed E-state index contributed by atoms with van der Waals surface area (Å²) in [6, 6.07) is 8.30. The number of imidazole rings is 1. The normalized spacial score (nSPS) is 14.4. The number of aromatic nitrogens is 3. The van der Waals surface area contributed by atoms with Crippen LogP contribution in [-0.2, 0) is 4.79 Å². The lowest BCUT2D eigenvalue weighted by Gasteiger charge is -2.20. The molecular formula is C25H26N6O3. The Morgan fingerprint density at radius 2 is 2.06 bits per heavy atom. The zero-order valence-electron chi connectivity index (χ0n) is 18.7. The predicted molar refractivity (Wildman–Crippen MR) is 129 cm³/mol. The van der Waals surface area contributed by atoms with Gasteiger partial charge in [0.15, 0.2) is 0 Å². The molecule has 2 heterocycles. The molecule has 174 valence electrons. The molecule has 1 aliphatic carbocycles. The van der Waals surface area contributed by atoms with E-state index < -0.39 is 12.0 Å². The van der Waals surface area contributed by atoms with E-state index in [0.717, 1.165) is 35.2 Å². The average molecular weight is 459 g/mol. The second-order valence-corrected chi connectivity index (χ2v) is 8.18. The molecule has 1 aromatic carbocycles. The van der Waals surface area contributed by atoms with E-state index in [4.69, 9.17) is 10.8 Å². The summed E-state index contributed by atoms with van der Waals surface area (Å²) in [5, 5.41) is 15.3. The number of hydrogen-bond donors (Lipinski definition) is 5. The minimum Gasteiger partial charge on any atom is -0.477 e. The lowest BCUT2D eigenvalue weighted by atomic mass is 10.00.